The van der Waals surface area contributed by atoms with Crippen LogP contribution in [0.5, 0.6) is 0 Å². The number of carbonyl (C=O) groups is 1. The lowest BCUT2D eigenvalue weighted by atomic mass is 9.99. The maximum absolute atomic E-state index is 12.9. The number of aromatic nitrogens is 1. The molecule has 4 rings (SSSR count). The Labute approximate surface area is 145 Å². The number of carbonyl (C=O) groups excluding carboxylic acids is 1. The Morgan fingerprint density at radius 3 is 2.84 bits per heavy atom. The summed E-state index contributed by atoms with van der Waals surface area (Å²) in [6.45, 7) is 2.56. The molecule has 3 aromatic rings. The number of rotatable bonds is 4. The van der Waals surface area contributed by atoms with E-state index in [1.165, 1.54) is 0 Å². The van der Waals surface area contributed by atoms with Gasteiger partial charge in [-0.1, -0.05) is 0 Å². The van der Waals surface area contributed by atoms with Gasteiger partial charge in [-0.15, -0.1) is 0 Å². The second-order valence-corrected chi connectivity index (χ2v) is 6.29. The van der Waals surface area contributed by atoms with Crippen LogP contribution in [0.2, 0.25) is 0 Å². The number of hydrogen-bond donors (Lipinski definition) is 0. The summed E-state index contributed by atoms with van der Waals surface area (Å²) in [5.41, 5.74) is 0.653. The molecule has 25 heavy (non-hydrogen) atoms. The van der Waals surface area contributed by atoms with E-state index in [1.807, 2.05) is 24.0 Å². The number of aryl methyl sites for hydroxylation is 1. The van der Waals surface area contributed by atoms with Crippen molar-refractivity contribution in [2.75, 3.05) is 6.54 Å². The zero-order valence-electron chi connectivity index (χ0n) is 14.1. The summed E-state index contributed by atoms with van der Waals surface area (Å²) < 4.78 is 16.5. The highest BCUT2D eigenvalue weighted by atomic mass is 16.4. The third kappa shape index (κ3) is 3.12. The topological polar surface area (TPSA) is 72.6 Å². The Balaban J connectivity index is 1.53. The van der Waals surface area contributed by atoms with E-state index < -0.39 is 0 Å². The van der Waals surface area contributed by atoms with Crippen molar-refractivity contribution >= 4 is 5.91 Å². The molecule has 1 amide bonds. The van der Waals surface area contributed by atoms with Gasteiger partial charge in [0.25, 0.3) is 5.89 Å². The van der Waals surface area contributed by atoms with E-state index in [4.69, 9.17) is 13.3 Å². The molecule has 0 spiro atoms. The van der Waals surface area contributed by atoms with Crippen molar-refractivity contribution in [2.45, 2.75) is 38.6 Å². The van der Waals surface area contributed by atoms with Gasteiger partial charge in [-0.3, -0.25) is 4.79 Å². The number of likely N-dealkylation sites (tertiary alicyclic amines) is 1. The minimum Gasteiger partial charge on any atom is -0.467 e. The number of amides is 1. The van der Waals surface area contributed by atoms with Crippen molar-refractivity contribution in [1.29, 1.82) is 0 Å². The smallest absolute Gasteiger partial charge is 0.263 e. The molecule has 1 aliphatic heterocycles. The van der Waals surface area contributed by atoms with Crippen molar-refractivity contribution in [2.24, 2.45) is 0 Å². The SMILES string of the molecule is Cc1oc(-c2ccco2)nc1CC(=O)N1CCCCC1c1ccco1. The molecule has 3 aromatic heterocycles. The number of hydrogen-bond acceptors (Lipinski definition) is 5. The van der Waals surface area contributed by atoms with Gasteiger partial charge in [-0.05, 0) is 50.5 Å². The van der Waals surface area contributed by atoms with Gasteiger partial charge in [-0.25, -0.2) is 4.98 Å². The highest BCUT2D eigenvalue weighted by Crippen LogP contribution is 2.32. The van der Waals surface area contributed by atoms with Gasteiger partial charge >= 0.3 is 0 Å². The second kappa shape index (κ2) is 6.63. The third-order valence-corrected chi connectivity index (χ3v) is 4.64. The molecular formula is C19H20N2O4. The lowest BCUT2D eigenvalue weighted by Gasteiger charge is -2.34. The van der Waals surface area contributed by atoms with Crippen LogP contribution in [0.3, 0.4) is 0 Å². The van der Waals surface area contributed by atoms with Gasteiger partial charge in [0, 0.05) is 6.54 Å². The second-order valence-electron chi connectivity index (χ2n) is 6.29. The Morgan fingerprint density at radius 2 is 2.08 bits per heavy atom. The molecule has 0 bridgehead atoms. The normalized spacial score (nSPS) is 17.8. The molecule has 1 saturated heterocycles. The maximum atomic E-state index is 12.9. The molecule has 1 atom stereocenters. The van der Waals surface area contributed by atoms with Gasteiger partial charge in [0.2, 0.25) is 5.91 Å². The van der Waals surface area contributed by atoms with E-state index in [9.17, 15) is 4.79 Å². The number of oxazole rings is 1. The minimum atomic E-state index is 0.00741. The van der Waals surface area contributed by atoms with E-state index in [2.05, 4.69) is 4.98 Å². The van der Waals surface area contributed by atoms with E-state index in [-0.39, 0.29) is 18.4 Å². The van der Waals surface area contributed by atoms with Crippen LogP contribution in [0, 0.1) is 6.92 Å². The maximum Gasteiger partial charge on any atom is 0.263 e. The van der Waals surface area contributed by atoms with Gasteiger partial charge in [0.05, 0.1) is 30.7 Å². The Hall–Kier alpha value is -2.76. The number of piperidine rings is 1. The van der Waals surface area contributed by atoms with Crippen LogP contribution in [0.15, 0.2) is 50.0 Å². The summed E-state index contributed by atoms with van der Waals surface area (Å²) in [4.78, 5) is 19.2. The Bertz CT molecular complexity index is 833. The first-order valence-electron chi connectivity index (χ1n) is 8.55. The van der Waals surface area contributed by atoms with Crippen LogP contribution >= 0.6 is 0 Å². The molecule has 0 aliphatic carbocycles. The van der Waals surface area contributed by atoms with E-state index >= 15 is 0 Å². The minimum absolute atomic E-state index is 0.00741. The van der Waals surface area contributed by atoms with Crippen LogP contribution in [-0.2, 0) is 11.2 Å². The van der Waals surface area contributed by atoms with Crippen molar-refractivity contribution in [3.8, 4) is 11.7 Å². The molecule has 0 saturated carbocycles. The molecule has 6 nitrogen and oxygen atoms in total. The first-order chi connectivity index (χ1) is 12.2. The number of furan rings is 2. The molecular weight excluding hydrogens is 320 g/mol. The van der Waals surface area contributed by atoms with E-state index in [0.29, 0.717) is 23.1 Å². The number of nitrogens with zero attached hydrogens (tertiary/aromatic N) is 2. The highest BCUT2D eigenvalue weighted by Gasteiger charge is 2.30. The average Bonchev–Trinajstić information content (AvgIpc) is 3.37. The predicted octanol–water partition coefficient (Wildman–Crippen LogP) is 4.13. The summed E-state index contributed by atoms with van der Waals surface area (Å²) in [7, 11) is 0. The molecule has 0 N–H and O–H groups in total. The summed E-state index contributed by atoms with van der Waals surface area (Å²) in [6, 6.07) is 7.37. The van der Waals surface area contributed by atoms with Gasteiger partial charge in [-0.2, -0.15) is 0 Å². The Morgan fingerprint density at radius 1 is 1.24 bits per heavy atom. The lowest BCUT2D eigenvalue weighted by Crippen LogP contribution is -2.39. The zero-order chi connectivity index (χ0) is 17.2. The monoisotopic (exact) mass is 340 g/mol. The van der Waals surface area contributed by atoms with Gasteiger partial charge in [0.15, 0.2) is 5.76 Å². The fourth-order valence-corrected chi connectivity index (χ4v) is 3.35. The summed E-state index contributed by atoms with van der Waals surface area (Å²) >= 11 is 0. The molecule has 0 aromatic carbocycles. The van der Waals surface area contributed by atoms with Crippen molar-refractivity contribution in [3.63, 3.8) is 0 Å². The van der Waals surface area contributed by atoms with E-state index in [0.717, 1.165) is 31.6 Å². The standard InChI is InChI=1S/C19H20N2O4/c1-13-14(20-19(25-13)17-8-5-11-24-17)12-18(22)21-9-3-2-6-15(21)16-7-4-10-23-16/h4-5,7-8,10-11,15H,2-3,6,9,12H2,1H3. The fourth-order valence-electron chi connectivity index (χ4n) is 3.35. The third-order valence-electron chi connectivity index (χ3n) is 4.64. The molecule has 130 valence electrons. The lowest BCUT2D eigenvalue weighted by molar-refractivity contribution is -0.134. The van der Waals surface area contributed by atoms with Crippen LogP contribution in [0.4, 0.5) is 0 Å². The van der Waals surface area contributed by atoms with Crippen LogP contribution in [-0.4, -0.2) is 22.3 Å². The van der Waals surface area contributed by atoms with Gasteiger partial charge < -0.3 is 18.2 Å². The summed E-state index contributed by atoms with van der Waals surface area (Å²) in [6.07, 6.45) is 6.48. The summed E-state index contributed by atoms with van der Waals surface area (Å²) in [5.74, 6) is 2.51. The van der Waals surface area contributed by atoms with Crippen molar-refractivity contribution in [3.05, 3.63) is 54.0 Å². The molecule has 1 unspecified atom stereocenters. The van der Waals surface area contributed by atoms with Crippen LogP contribution in [0.25, 0.3) is 11.7 Å². The largest absolute Gasteiger partial charge is 0.467 e. The van der Waals surface area contributed by atoms with Crippen molar-refractivity contribution in [1.82, 2.24) is 9.88 Å². The fraction of sp³-hybridized carbons (Fsp3) is 0.368. The Kier molecular flexibility index (Phi) is 4.17. The highest BCUT2D eigenvalue weighted by molar-refractivity contribution is 5.79. The van der Waals surface area contributed by atoms with Crippen LogP contribution in [0.1, 0.15) is 42.5 Å². The van der Waals surface area contributed by atoms with E-state index in [1.54, 1.807) is 24.7 Å². The van der Waals surface area contributed by atoms with Gasteiger partial charge in [0.1, 0.15) is 11.5 Å². The van der Waals surface area contributed by atoms with Crippen LogP contribution < -0.4 is 0 Å². The average molecular weight is 340 g/mol. The van der Waals surface area contributed by atoms with Crippen molar-refractivity contribution < 1.29 is 18.0 Å². The predicted molar refractivity (Wildman–Crippen MR) is 89.7 cm³/mol. The molecule has 1 aliphatic rings. The molecule has 4 heterocycles. The molecule has 0 radical (unpaired) electrons. The first kappa shape index (κ1) is 15.7. The summed E-state index contributed by atoms with van der Waals surface area (Å²) in [5, 5.41) is 0. The molecule has 1 fully saturated rings. The first-order valence-corrected chi connectivity index (χ1v) is 8.55. The zero-order valence-corrected chi connectivity index (χ0v) is 14.1. The molecule has 6 heteroatoms. The quantitative estimate of drug-likeness (QED) is 0.714.